The molecule has 2 heterocycles. The number of aliphatic imine (C=N–C) groups is 2. The van der Waals surface area contributed by atoms with Crippen molar-refractivity contribution in [2.24, 2.45) is 9.98 Å². The summed E-state index contributed by atoms with van der Waals surface area (Å²) in [5.74, 6) is 1.95. The molecule has 0 aliphatic carbocycles. The lowest BCUT2D eigenvalue weighted by molar-refractivity contribution is 0.350. The van der Waals surface area contributed by atoms with E-state index in [0.29, 0.717) is 0 Å². The van der Waals surface area contributed by atoms with Crippen LogP contribution in [0.1, 0.15) is 31.9 Å². The molecule has 5 rings (SSSR count). The van der Waals surface area contributed by atoms with Crippen molar-refractivity contribution in [2.45, 2.75) is 26.3 Å². The van der Waals surface area contributed by atoms with Crippen molar-refractivity contribution in [1.82, 2.24) is 4.90 Å². The molecule has 0 amide bonds. The third-order valence-corrected chi connectivity index (χ3v) is 5.25. The minimum Gasteiger partial charge on any atom is -0.305 e. The molecule has 2 aliphatic heterocycles. The molecule has 0 fully saturated rings. The zero-order valence-electron chi connectivity index (χ0n) is 16.9. The van der Waals surface area contributed by atoms with Gasteiger partial charge in [-0.05, 0) is 44.5 Å². The van der Waals surface area contributed by atoms with Crippen LogP contribution in [0.3, 0.4) is 0 Å². The predicted octanol–water partition coefficient (Wildman–Crippen LogP) is 6.49. The molecular weight excluding hydrogens is 354 g/mol. The largest absolute Gasteiger partial charge is 0.305 e. The van der Waals surface area contributed by atoms with Gasteiger partial charge in [-0.1, -0.05) is 66.7 Å². The van der Waals surface area contributed by atoms with Crippen LogP contribution in [0, 0.1) is 0 Å². The maximum atomic E-state index is 5.12. The lowest BCUT2D eigenvalue weighted by atomic mass is 9.96. The topological polar surface area (TPSA) is 28.0 Å². The third-order valence-electron chi connectivity index (χ3n) is 5.25. The standard InChI is InChI=1S/C26H23N3/c1-26(2,3)29-24(27-19-14-8-5-9-15-19)22(18-12-6-4-7-13-18)23-20-16-10-11-17-21(20)28-25(23)29/h4-17H,1-3H3. The summed E-state index contributed by atoms with van der Waals surface area (Å²) in [7, 11) is 0. The van der Waals surface area contributed by atoms with E-state index in [1.54, 1.807) is 0 Å². The summed E-state index contributed by atoms with van der Waals surface area (Å²) < 4.78 is 0. The van der Waals surface area contributed by atoms with E-state index in [-0.39, 0.29) is 5.54 Å². The van der Waals surface area contributed by atoms with E-state index < -0.39 is 0 Å². The molecule has 0 radical (unpaired) electrons. The molecule has 3 aromatic carbocycles. The molecule has 0 saturated heterocycles. The Bertz CT molecular complexity index is 1160. The molecule has 3 nitrogen and oxygen atoms in total. The highest BCUT2D eigenvalue weighted by Gasteiger charge is 2.44. The van der Waals surface area contributed by atoms with Crippen LogP contribution in [0.25, 0.3) is 11.1 Å². The molecule has 142 valence electrons. The number of para-hydroxylation sites is 2. The summed E-state index contributed by atoms with van der Waals surface area (Å²) in [6.45, 7) is 6.64. The summed E-state index contributed by atoms with van der Waals surface area (Å²) in [5, 5.41) is 0. The molecule has 0 unspecified atom stereocenters. The van der Waals surface area contributed by atoms with Crippen molar-refractivity contribution in [3.63, 3.8) is 0 Å². The third kappa shape index (κ3) is 2.90. The first-order valence-corrected chi connectivity index (χ1v) is 9.96. The number of nitrogens with zero attached hydrogens (tertiary/aromatic N) is 3. The molecule has 3 heteroatoms. The summed E-state index contributed by atoms with van der Waals surface area (Å²) >= 11 is 0. The Hall–Kier alpha value is -3.46. The van der Waals surface area contributed by atoms with E-state index in [9.17, 15) is 0 Å². The fourth-order valence-electron chi connectivity index (χ4n) is 4.05. The van der Waals surface area contributed by atoms with E-state index in [1.165, 1.54) is 11.1 Å². The minimum absolute atomic E-state index is 0.170. The molecule has 0 aromatic heterocycles. The van der Waals surface area contributed by atoms with Crippen LogP contribution in [0.4, 0.5) is 11.4 Å². The number of amidine groups is 2. The monoisotopic (exact) mass is 377 g/mol. The van der Waals surface area contributed by atoms with Gasteiger partial charge in [-0.3, -0.25) is 0 Å². The van der Waals surface area contributed by atoms with Gasteiger partial charge in [-0.2, -0.15) is 0 Å². The van der Waals surface area contributed by atoms with Crippen LogP contribution >= 0.6 is 0 Å². The van der Waals surface area contributed by atoms with Gasteiger partial charge in [0.15, 0.2) is 0 Å². The van der Waals surface area contributed by atoms with Crippen molar-refractivity contribution < 1.29 is 0 Å². The first kappa shape index (κ1) is 17.6. The van der Waals surface area contributed by atoms with Crippen LogP contribution in [-0.2, 0) is 0 Å². The Morgan fingerprint density at radius 3 is 2.03 bits per heavy atom. The van der Waals surface area contributed by atoms with Gasteiger partial charge in [0.25, 0.3) is 0 Å². The average molecular weight is 377 g/mol. The van der Waals surface area contributed by atoms with Crippen molar-refractivity contribution in [3.8, 4) is 0 Å². The number of hydrogen-bond acceptors (Lipinski definition) is 2. The Balaban J connectivity index is 1.84. The number of benzene rings is 3. The molecule has 2 aliphatic rings. The second-order valence-corrected chi connectivity index (χ2v) is 8.35. The smallest absolute Gasteiger partial charge is 0.144 e. The van der Waals surface area contributed by atoms with Gasteiger partial charge in [0.2, 0.25) is 0 Å². The highest BCUT2D eigenvalue weighted by Crippen LogP contribution is 2.47. The van der Waals surface area contributed by atoms with Crippen molar-refractivity contribution in [2.75, 3.05) is 0 Å². The van der Waals surface area contributed by atoms with Crippen LogP contribution in [-0.4, -0.2) is 22.1 Å². The molecule has 3 aromatic rings. The first-order chi connectivity index (χ1) is 14.0. The molecule has 0 atom stereocenters. The lowest BCUT2D eigenvalue weighted by Gasteiger charge is -2.34. The Labute approximate surface area is 171 Å². The zero-order valence-corrected chi connectivity index (χ0v) is 16.9. The zero-order chi connectivity index (χ0) is 20.0. The van der Waals surface area contributed by atoms with Crippen LogP contribution in [0.15, 0.2) is 94.9 Å². The van der Waals surface area contributed by atoms with Crippen LogP contribution < -0.4 is 0 Å². The number of rotatable bonds is 2. The van der Waals surface area contributed by atoms with Gasteiger partial charge >= 0.3 is 0 Å². The van der Waals surface area contributed by atoms with Crippen molar-refractivity contribution in [3.05, 3.63) is 96.1 Å². The lowest BCUT2D eigenvalue weighted by Crippen LogP contribution is -2.46. The predicted molar refractivity (Wildman–Crippen MR) is 122 cm³/mol. The van der Waals surface area contributed by atoms with Gasteiger partial charge < -0.3 is 4.90 Å². The van der Waals surface area contributed by atoms with Gasteiger partial charge in [0.1, 0.15) is 11.7 Å². The normalized spacial score (nSPS) is 16.9. The maximum absolute atomic E-state index is 5.12. The quantitative estimate of drug-likeness (QED) is 0.502. The Kier molecular flexibility index (Phi) is 3.99. The molecule has 0 N–H and O–H groups in total. The summed E-state index contributed by atoms with van der Waals surface area (Å²) in [4.78, 5) is 12.4. The van der Waals surface area contributed by atoms with Gasteiger partial charge in [-0.15, -0.1) is 0 Å². The van der Waals surface area contributed by atoms with Crippen molar-refractivity contribution in [1.29, 1.82) is 0 Å². The van der Waals surface area contributed by atoms with E-state index in [2.05, 4.69) is 74.2 Å². The maximum Gasteiger partial charge on any atom is 0.144 e. The second kappa shape index (κ2) is 6.56. The fraction of sp³-hybridized carbons (Fsp3) is 0.154. The molecule has 0 saturated carbocycles. The summed E-state index contributed by atoms with van der Waals surface area (Å²) in [6.07, 6.45) is 0. The highest BCUT2D eigenvalue weighted by molar-refractivity contribution is 6.53. The van der Waals surface area contributed by atoms with Gasteiger partial charge in [0.05, 0.1) is 11.4 Å². The molecule has 29 heavy (non-hydrogen) atoms. The number of fused-ring (bicyclic) bond motifs is 3. The first-order valence-electron chi connectivity index (χ1n) is 9.96. The summed E-state index contributed by atoms with van der Waals surface area (Å²) in [5.41, 5.74) is 6.46. The molecular formula is C26H23N3. The van der Waals surface area contributed by atoms with Crippen molar-refractivity contribution >= 4 is 34.2 Å². The summed E-state index contributed by atoms with van der Waals surface area (Å²) in [6, 6.07) is 29.1. The average Bonchev–Trinajstić information content (AvgIpc) is 3.22. The van der Waals surface area contributed by atoms with E-state index >= 15 is 0 Å². The number of hydrogen-bond donors (Lipinski definition) is 0. The molecule has 0 bridgehead atoms. The SMILES string of the molecule is CC(C)(C)N1C(=Nc2ccccc2)C(c2ccccc2)=C2C1=Nc1ccccc12. The Morgan fingerprint density at radius 2 is 1.34 bits per heavy atom. The Morgan fingerprint density at radius 1 is 0.724 bits per heavy atom. The minimum atomic E-state index is -0.170. The van der Waals surface area contributed by atoms with Gasteiger partial charge in [-0.25, -0.2) is 9.98 Å². The van der Waals surface area contributed by atoms with Crippen LogP contribution in [0.2, 0.25) is 0 Å². The van der Waals surface area contributed by atoms with E-state index in [4.69, 9.17) is 9.98 Å². The second-order valence-electron chi connectivity index (χ2n) is 8.35. The van der Waals surface area contributed by atoms with Crippen LogP contribution in [0.5, 0.6) is 0 Å². The highest BCUT2D eigenvalue weighted by atomic mass is 15.3. The van der Waals surface area contributed by atoms with E-state index in [0.717, 1.165) is 34.2 Å². The van der Waals surface area contributed by atoms with E-state index in [1.807, 2.05) is 36.4 Å². The van der Waals surface area contributed by atoms with Gasteiger partial charge in [0, 0.05) is 22.2 Å². The fourth-order valence-corrected chi connectivity index (χ4v) is 4.05. The molecule has 0 spiro atoms.